The van der Waals surface area contributed by atoms with Crippen molar-refractivity contribution >= 4 is 54.7 Å². The highest BCUT2D eigenvalue weighted by atomic mass is 35.5. The van der Waals surface area contributed by atoms with Crippen molar-refractivity contribution in [3.8, 4) is 0 Å². The number of hydrogen-bond donors (Lipinski definition) is 2. The standard InChI is InChI=1S/C24H20ClNO4S2/c1-15-21-14-19(25)10-11-22(21)31-24(15)32(29,30)26-20-7-3-5-17(13-20)9-8-16-4-2-6-18(12-16)23(27)28/h2-7,10-14,26H,8-9H2,1H3,(H,27,28). The van der Waals surface area contributed by atoms with Gasteiger partial charge >= 0.3 is 5.97 Å². The Labute approximate surface area is 195 Å². The second kappa shape index (κ2) is 8.94. The average molecular weight is 486 g/mol. The Morgan fingerprint density at radius 1 is 1.00 bits per heavy atom. The molecule has 0 aliphatic carbocycles. The Morgan fingerprint density at radius 2 is 1.69 bits per heavy atom. The average Bonchev–Trinajstić information content (AvgIpc) is 3.09. The Morgan fingerprint density at radius 3 is 2.41 bits per heavy atom. The molecular formula is C24H20ClNO4S2. The third-order valence-corrected chi connectivity index (χ3v) is 8.66. The normalized spacial score (nSPS) is 11.6. The fourth-order valence-corrected chi connectivity index (χ4v) is 6.54. The minimum atomic E-state index is -3.76. The van der Waals surface area contributed by atoms with Crippen LogP contribution in [0.25, 0.3) is 10.1 Å². The molecule has 0 spiro atoms. The smallest absolute Gasteiger partial charge is 0.335 e. The molecule has 0 saturated heterocycles. The first-order valence-corrected chi connectivity index (χ1v) is 12.5. The first-order valence-electron chi connectivity index (χ1n) is 9.85. The molecule has 0 bridgehead atoms. The van der Waals surface area contributed by atoms with Gasteiger partial charge in [-0.2, -0.15) is 0 Å². The van der Waals surface area contributed by atoms with Crippen LogP contribution in [0.5, 0.6) is 0 Å². The van der Waals surface area contributed by atoms with E-state index < -0.39 is 16.0 Å². The first-order chi connectivity index (χ1) is 15.2. The van der Waals surface area contributed by atoms with Crippen LogP contribution in [0.1, 0.15) is 27.0 Å². The lowest BCUT2D eigenvalue weighted by molar-refractivity contribution is 0.0696. The van der Waals surface area contributed by atoms with Gasteiger partial charge in [-0.25, -0.2) is 13.2 Å². The molecule has 8 heteroatoms. The molecule has 4 rings (SSSR count). The van der Waals surface area contributed by atoms with Crippen LogP contribution in [0.2, 0.25) is 5.02 Å². The van der Waals surface area contributed by atoms with Crippen molar-refractivity contribution in [2.75, 3.05) is 4.72 Å². The van der Waals surface area contributed by atoms with Crippen LogP contribution < -0.4 is 4.72 Å². The molecule has 0 aliphatic rings. The van der Waals surface area contributed by atoms with E-state index in [1.54, 1.807) is 55.5 Å². The van der Waals surface area contributed by atoms with E-state index in [1.165, 1.54) is 11.3 Å². The van der Waals surface area contributed by atoms with Gasteiger partial charge < -0.3 is 5.11 Å². The third kappa shape index (κ3) is 4.80. The van der Waals surface area contributed by atoms with Crippen LogP contribution in [-0.4, -0.2) is 19.5 Å². The maximum atomic E-state index is 13.1. The van der Waals surface area contributed by atoms with E-state index in [1.807, 2.05) is 18.2 Å². The maximum Gasteiger partial charge on any atom is 0.335 e. The van der Waals surface area contributed by atoms with Crippen molar-refractivity contribution in [2.24, 2.45) is 0 Å². The number of halogens is 1. The number of carboxylic acids is 1. The molecule has 0 saturated carbocycles. The summed E-state index contributed by atoms with van der Waals surface area (Å²) in [5, 5.41) is 10.5. The Hall–Kier alpha value is -2.87. The van der Waals surface area contributed by atoms with E-state index in [0.717, 1.165) is 21.2 Å². The van der Waals surface area contributed by atoms with E-state index in [0.29, 0.717) is 29.1 Å². The number of aryl methyl sites for hydroxylation is 3. The zero-order valence-corrected chi connectivity index (χ0v) is 19.5. The van der Waals surface area contributed by atoms with Gasteiger partial charge in [0.1, 0.15) is 4.21 Å². The molecule has 5 nitrogen and oxygen atoms in total. The Kier molecular flexibility index (Phi) is 6.24. The fourth-order valence-electron chi connectivity index (χ4n) is 3.57. The van der Waals surface area contributed by atoms with Crippen molar-refractivity contribution in [2.45, 2.75) is 24.0 Å². The van der Waals surface area contributed by atoms with Gasteiger partial charge in [-0.15, -0.1) is 11.3 Å². The summed E-state index contributed by atoms with van der Waals surface area (Å²) in [6.45, 7) is 1.78. The molecule has 1 aromatic heterocycles. The van der Waals surface area contributed by atoms with Gasteiger partial charge in [0.15, 0.2) is 0 Å². The fraction of sp³-hybridized carbons (Fsp3) is 0.125. The van der Waals surface area contributed by atoms with Crippen LogP contribution in [-0.2, 0) is 22.9 Å². The summed E-state index contributed by atoms with van der Waals surface area (Å²) in [6, 6.07) is 19.4. The number of thiophene rings is 1. The number of rotatable bonds is 7. The van der Waals surface area contributed by atoms with Crippen molar-refractivity contribution in [3.05, 3.63) is 94.0 Å². The molecule has 32 heavy (non-hydrogen) atoms. The van der Waals surface area contributed by atoms with Gasteiger partial charge in [0.05, 0.1) is 5.56 Å². The predicted octanol–water partition coefficient (Wildman–Crippen LogP) is 6.15. The van der Waals surface area contributed by atoms with Gasteiger partial charge in [-0.3, -0.25) is 4.72 Å². The lowest BCUT2D eigenvalue weighted by atomic mass is 10.0. The van der Waals surface area contributed by atoms with Gasteiger partial charge in [0, 0.05) is 15.4 Å². The SMILES string of the molecule is Cc1c(S(=O)(=O)Nc2cccc(CCc3cccc(C(=O)O)c3)c2)sc2ccc(Cl)cc12. The molecule has 3 aromatic carbocycles. The number of sulfonamides is 1. The molecule has 0 radical (unpaired) electrons. The van der Waals surface area contributed by atoms with E-state index in [2.05, 4.69) is 4.72 Å². The van der Waals surface area contributed by atoms with E-state index in [4.69, 9.17) is 16.7 Å². The van der Waals surface area contributed by atoms with E-state index in [-0.39, 0.29) is 9.77 Å². The number of nitrogens with one attached hydrogen (secondary N) is 1. The molecule has 2 N–H and O–H groups in total. The van der Waals surface area contributed by atoms with Crippen molar-refractivity contribution < 1.29 is 18.3 Å². The largest absolute Gasteiger partial charge is 0.478 e. The highest BCUT2D eigenvalue weighted by Gasteiger charge is 2.22. The lowest BCUT2D eigenvalue weighted by Gasteiger charge is -2.09. The number of benzene rings is 3. The zero-order chi connectivity index (χ0) is 22.9. The van der Waals surface area contributed by atoms with Crippen LogP contribution in [0.3, 0.4) is 0 Å². The molecule has 0 unspecified atom stereocenters. The van der Waals surface area contributed by atoms with Crippen LogP contribution >= 0.6 is 22.9 Å². The quantitative estimate of drug-likeness (QED) is 0.329. The number of anilines is 1. The first kappa shape index (κ1) is 22.3. The van der Waals surface area contributed by atoms with E-state index >= 15 is 0 Å². The Bertz CT molecular complexity index is 1430. The number of carbonyl (C=O) groups is 1. The molecule has 0 fully saturated rings. The summed E-state index contributed by atoms with van der Waals surface area (Å²) in [5.74, 6) is -0.956. The summed E-state index contributed by atoms with van der Waals surface area (Å²) in [5.41, 5.74) is 3.27. The number of hydrogen-bond acceptors (Lipinski definition) is 4. The highest BCUT2D eigenvalue weighted by Crippen LogP contribution is 2.36. The number of fused-ring (bicyclic) bond motifs is 1. The van der Waals surface area contributed by atoms with Crippen LogP contribution in [0.4, 0.5) is 5.69 Å². The second-order valence-corrected chi connectivity index (χ2v) is 10.8. The summed E-state index contributed by atoms with van der Waals surface area (Å²) >= 11 is 7.29. The van der Waals surface area contributed by atoms with Crippen molar-refractivity contribution in [1.82, 2.24) is 0 Å². The second-order valence-electron chi connectivity index (χ2n) is 7.47. The number of aromatic carboxylic acids is 1. The molecule has 1 heterocycles. The van der Waals surface area contributed by atoms with Crippen molar-refractivity contribution in [1.29, 1.82) is 0 Å². The molecule has 4 aromatic rings. The highest BCUT2D eigenvalue weighted by molar-refractivity contribution is 7.94. The third-order valence-electron chi connectivity index (χ3n) is 5.15. The predicted molar refractivity (Wildman–Crippen MR) is 130 cm³/mol. The minimum Gasteiger partial charge on any atom is -0.478 e. The number of carboxylic acid groups (broad SMARTS) is 1. The molecule has 164 valence electrons. The molecule has 0 amide bonds. The monoisotopic (exact) mass is 485 g/mol. The van der Waals surface area contributed by atoms with Gasteiger partial charge in [0.25, 0.3) is 10.0 Å². The summed E-state index contributed by atoms with van der Waals surface area (Å²) in [7, 11) is -3.76. The van der Waals surface area contributed by atoms with Crippen molar-refractivity contribution in [3.63, 3.8) is 0 Å². The molecular weight excluding hydrogens is 466 g/mol. The van der Waals surface area contributed by atoms with Gasteiger partial charge in [0.2, 0.25) is 0 Å². The lowest BCUT2D eigenvalue weighted by Crippen LogP contribution is -2.12. The topological polar surface area (TPSA) is 83.5 Å². The zero-order valence-electron chi connectivity index (χ0n) is 17.1. The van der Waals surface area contributed by atoms with Gasteiger partial charge in [-0.05, 0) is 84.3 Å². The van der Waals surface area contributed by atoms with Crippen LogP contribution in [0, 0.1) is 6.92 Å². The summed E-state index contributed by atoms with van der Waals surface area (Å²) in [6.07, 6.45) is 1.30. The van der Waals surface area contributed by atoms with Gasteiger partial charge in [-0.1, -0.05) is 35.9 Å². The molecule has 0 aliphatic heterocycles. The van der Waals surface area contributed by atoms with Crippen LogP contribution in [0.15, 0.2) is 70.9 Å². The Balaban J connectivity index is 1.53. The minimum absolute atomic E-state index is 0.254. The summed E-state index contributed by atoms with van der Waals surface area (Å²) in [4.78, 5) is 11.1. The molecule has 0 atom stereocenters. The summed E-state index contributed by atoms with van der Waals surface area (Å²) < 4.78 is 30.0. The van der Waals surface area contributed by atoms with E-state index in [9.17, 15) is 13.2 Å². The maximum absolute atomic E-state index is 13.1.